The highest BCUT2D eigenvalue weighted by atomic mass is 79.9. The topological polar surface area (TPSA) is 160 Å². The molecule has 4 aromatic carbocycles. The van der Waals surface area contributed by atoms with Gasteiger partial charge in [-0.2, -0.15) is 4.39 Å². The molecule has 0 radical (unpaired) electrons. The van der Waals surface area contributed by atoms with E-state index in [1.54, 1.807) is 6.07 Å². The molecule has 0 amide bonds. The van der Waals surface area contributed by atoms with Crippen LogP contribution in [0.1, 0.15) is 11.1 Å². The second-order valence-corrected chi connectivity index (χ2v) is 11.7. The number of benzene rings is 4. The fourth-order valence-electron chi connectivity index (χ4n) is 3.64. The Morgan fingerprint density at radius 1 is 0.978 bits per heavy atom. The number of epoxide rings is 1. The zero-order valence-electron chi connectivity index (χ0n) is 24.7. The van der Waals surface area contributed by atoms with E-state index < -0.39 is 22.5 Å². The first kappa shape index (κ1) is 37.0. The van der Waals surface area contributed by atoms with Crippen LogP contribution in [0.2, 0.25) is 0 Å². The van der Waals surface area contributed by atoms with Crippen LogP contribution < -0.4 is 16.8 Å². The van der Waals surface area contributed by atoms with Gasteiger partial charge in [-0.15, -0.1) is 0 Å². The van der Waals surface area contributed by atoms with E-state index in [1.165, 1.54) is 11.6 Å². The summed E-state index contributed by atoms with van der Waals surface area (Å²) < 4.78 is 43.1. The van der Waals surface area contributed by atoms with Crippen LogP contribution in [0.15, 0.2) is 93.9 Å². The molecule has 0 aromatic heterocycles. The Morgan fingerprint density at radius 3 is 2.13 bits per heavy atom. The summed E-state index contributed by atoms with van der Waals surface area (Å²) in [6.07, 6.45) is -0.313. The number of aliphatic hydroxyl groups excluding tert-OH is 1. The summed E-state index contributed by atoms with van der Waals surface area (Å²) in [4.78, 5) is 9.38. The molecule has 0 spiro atoms. The molecule has 14 heteroatoms. The first-order valence-corrected chi connectivity index (χ1v) is 15.6. The van der Waals surface area contributed by atoms with Crippen LogP contribution in [-0.2, 0) is 27.4 Å². The quantitative estimate of drug-likeness (QED) is 0.0580. The van der Waals surface area contributed by atoms with Gasteiger partial charge in [-0.05, 0) is 43.0 Å². The average Bonchev–Trinajstić information content (AvgIpc) is 3.86. The van der Waals surface area contributed by atoms with E-state index in [4.69, 9.17) is 19.9 Å². The molecule has 0 unspecified atom stereocenters. The highest BCUT2D eigenvalue weighted by Gasteiger charge is 2.22. The summed E-state index contributed by atoms with van der Waals surface area (Å²) in [6, 6.07) is 24.8. The van der Waals surface area contributed by atoms with Crippen molar-refractivity contribution in [3.05, 3.63) is 127 Å². The Balaban J connectivity index is 0.000000203. The van der Waals surface area contributed by atoms with Crippen LogP contribution in [-0.4, -0.2) is 48.6 Å². The molecule has 5 rings (SSSR count). The van der Waals surface area contributed by atoms with Crippen molar-refractivity contribution in [3.63, 3.8) is 0 Å². The van der Waals surface area contributed by atoms with Crippen molar-refractivity contribution in [3.8, 4) is 0 Å². The standard InChI is InChI=1S/C16H18BrFN2O2.C10H12O2.C6H4BrFN2O2/c17-13-6-15(19)14(18)7-16(13)20-8-12(21)10-22-9-11-4-2-1-3-5-11;1-2-4-9(5-3-1)6-11-7-10-8-12-10;7-3-1-6(10(11)12)4(8)2-5(3)9/h1-7,12,20-21H,8-10,19H2;1-5,10H,6-8H2;1-2H,9H2/p+1/t12-;10-;/m10./s1. The highest BCUT2D eigenvalue weighted by Crippen LogP contribution is 2.28. The van der Waals surface area contributed by atoms with Gasteiger partial charge in [0.05, 0.1) is 49.7 Å². The summed E-state index contributed by atoms with van der Waals surface area (Å²) in [5, 5.41) is 23.1. The third-order valence-electron chi connectivity index (χ3n) is 6.17. The van der Waals surface area contributed by atoms with Gasteiger partial charge in [-0.25, -0.2) is 4.39 Å². The van der Waals surface area contributed by atoms with E-state index in [9.17, 15) is 24.0 Å². The van der Waals surface area contributed by atoms with Crippen molar-refractivity contribution in [2.24, 2.45) is 0 Å². The van der Waals surface area contributed by atoms with E-state index >= 15 is 0 Å². The Hall–Kier alpha value is -3.50. The monoisotopic (exact) mass is 767 g/mol. The van der Waals surface area contributed by atoms with E-state index in [1.807, 2.05) is 48.5 Å². The summed E-state index contributed by atoms with van der Waals surface area (Å²) in [6.45, 7) is 3.22. The van der Waals surface area contributed by atoms with Crippen molar-refractivity contribution in [1.29, 1.82) is 0 Å². The van der Waals surface area contributed by atoms with E-state index in [0.717, 1.165) is 30.9 Å². The number of rotatable bonds is 12. The summed E-state index contributed by atoms with van der Waals surface area (Å²) >= 11 is 6.28. The third-order valence-corrected chi connectivity index (χ3v) is 7.51. The van der Waals surface area contributed by atoms with Gasteiger partial charge < -0.3 is 36.1 Å². The van der Waals surface area contributed by atoms with E-state index in [-0.39, 0.29) is 24.7 Å². The van der Waals surface area contributed by atoms with Gasteiger partial charge in [0, 0.05) is 45.4 Å². The Kier molecular flexibility index (Phi) is 15.5. The van der Waals surface area contributed by atoms with Crippen molar-refractivity contribution in [2.45, 2.75) is 25.4 Å². The maximum absolute atomic E-state index is 13.5. The fraction of sp³-hybridized carbons (Fsp3) is 0.250. The molecule has 0 aliphatic carbocycles. The smallest absolute Gasteiger partial charge is 0.306 e. The van der Waals surface area contributed by atoms with Crippen LogP contribution in [0.25, 0.3) is 0 Å². The molecule has 1 heterocycles. The molecular formula is C32H35Br2F2N4O6+. The average molecular weight is 769 g/mol. The van der Waals surface area contributed by atoms with Crippen molar-refractivity contribution >= 4 is 54.6 Å². The van der Waals surface area contributed by atoms with Gasteiger partial charge in [0.1, 0.15) is 6.10 Å². The van der Waals surface area contributed by atoms with Crippen LogP contribution in [0, 0.1) is 21.7 Å². The second-order valence-electron chi connectivity index (χ2n) is 10.00. The summed E-state index contributed by atoms with van der Waals surface area (Å²) in [7, 11) is 0. The molecule has 2 atom stereocenters. The number of nitrogens with one attached hydrogen (secondary N) is 1. The van der Waals surface area contributed by atoms with Gasteiger partial charge in [-0.1, -0.05) is 60.7 Å². The lowest BCUT2D eigenvalue weighted by molar-refractivity contribution is -0.387. The molecule has 0 bridgehead atoms. The number of anilines is 2. The number of nitrogens with two attached hydrogens (primary N) is 1. The maximum Gasteiger partial charge on any atom is 0.306 e. The Labute approximate surface area is 282 Å². The Morgan fingerprint density at radius 2 is 1.57 bits per heavy atom. The molecule has 4 aromatic rings. The lowest BCUT2D eigenvalue weighted by Gasteiger charge is -2.14. The minimum Gasteiger partial charge on any atom is -0.398 e. The fourth-order valence-corrected chi connectivity index (χ4v) is 4.50. The number of ether oxygens (including phenoxy) is 3. The normalized spacial score (nSPS) is 13.8. The van der Waals surface area contributed by atoms with Crippen LogP contribution in [0.3, 0.4) is 0 Å². The molecule has 1 fully saturated rings. The van der Waals surface area contributed by atoms with Crippen LogP contribution >= 0.6 is 31.9 Å². The number of halogens is 4. The molecular weight excluding hydrogens is 734 g/mol. The molecule has 246 valence electrons. The summed E-state index contributed by atoms with van der Waals surface area (Å²) in [5.41, 5.74) is 11.6. The maximum atomic E-state index is 13.5. The molecule has 1 aliphatic rings. The number of hydrogen-bond acceptors (Lipinski definition) is 8. The largest absolute Gasteiger partial charge is 0.398 e. The first-order valence-electron chi connectivity index (χ1n) is 14.0. The van der Waals surface area contributed by atoms with Crippen LogP contribution in [0.4, 0.5) is 31.5 Å². The molecule has 10 nitrogen and oxygen atoms in total. The van der Waals surface area contributed by atoms with Gasteiger partial charge >= 0.3 is 5.69 Å². The number of nitro groups is 1. The minimum atomic E-state index is -0.930. The number of nitrogen functional groups attached to an aromatic ring is 1. The van der Waals surface area contributed by atoms with E-state index in [0.29, 0.717) is 39.6 Å². The predicted octanol–water partition coefficient (Wildman–Crippen LogP) is 6.13. The molecule has 7 N–H and O–H groups in total. The highest BCUT2D eigenvalue weighted by molar-refractivity contribution is 9.11. The van der Waals surface area contributed by atoms with Gasteiger partial charge in [0.2, 0.25) is 5.82 Å². The minimum absolute atomic E-state index is 0.137. The zero-order chi connectivity index (χ0) is 33.5. The number of aliphatic hydroxyl groups is 1. The van der Waals surface area contributed by atoms with Crippen molar-refractivity contribution < 1.29 is 38.8 Å². The lowest BCUT2D eigenvalue weighted by atomic mass is 10.2. The Bertz CT molecular complexity index is 1540. The van der Waals surface area contributed by atoms with Crippen molar-refractivity contribution in [2.75, 3.05) is 37.4 Å². The van der Waals surface area contributed by atoms with E-state index in [2.05, 4.69) is 55.0 Å². The number of quaternary nitrogens is 1. The molecule has 46 heavy (non-hydrogen) atoms. The summed E-state index contributed by atoms with van der Waals surface area (Å²) in [5.74, 6) is -1.32. The third kappa shape index (κ3) is 13.5. The number of hydrogen-bond donors (Lipinski definition) is 4. The number of nitro benzene ring substituents is 1. The zero-order valence-corrected chi connectivity index (χ0v) is 27.9. The van der Waals surface area contributed by atoms with Crippen molar-refractivity contribution in [1.82, 2.24) is 0 Å². The van der Waals surface area contributed by atoms with Gasteiger partial charge in [0.25, 0.3) is 0 Å². The first-order chi connectivity index (χ1) is 22.0. The van der Waals surface area contributed by atoms with Gasteiger partial charge in [0.15, 0.2) is 11.5 Å². The predicted molar refractivity (Wildman–Crippen MR) is 178 cm³/mol. The SMILES string of the molecule is Nc1cc(F)c([N+](=O)[O-])cc1Br.[NH3+]c1cc(Br)c(NC[C@@H](O)COCc2ccccc2)cc1F.c1ccc(COC[C@H]2CO2)cc1. The number of nitrogens with zero attached hydrogens (tertiary/aromatic N) is 1. The molecule has 0 saturated carbocycles. The lowest BCUT2D eigenvalue weighted by Crippen LogP contribution is -2.41. The van der Waals surface area contributed by atoms with Gasteiger partial charge in [-0.3, -0.25) is 10.1 Å². The second kappa shape index (κ2) is 19.2. The molecule has 1 saturated heterocycles. The molecule has 1 aliphatic heterocycles. The van der Waals surface area contributed by atoms with Crippen LogP contribution in [0.5, 0.6) is 0 Å².